The van der Waals surface area contributed by atoms with E-state index in [1.165, 1.54) is 25.7 Å². The highest BCUT2D eigenvalue weighted by Crippen LogP contribution is 2.28. The van der Waals surface area contributed by atoms with Crippen LogP contribution in [-0.2, 0) is 5.88 Å². The molecule has 2 unspecified atom stereocenters. The summed E-state index contributed by atoms with van der Waals surface area (Å²) in [7, 11) is 2.16. The molecular weight excluding hydrogens is 232 g/mol. The third kappa shape index (κ3) is 3.12. The Morgan fingerprint density at radius 1 is 1.41 bits per heavy atom. The molecule has 0 spiro atoms. The predicted octanol–water partition coefficient (Wildman–Crippen LogP) is 3.84. The van der Waals surface area contributed by atoms with Gasteiger partial charge in [-0.25, -0.2) is 4.98 Å². The first-order chi connectivity index (χ1) is 8.20. The van der Waals surface area contributed by atoms with Gasteiger partial charge in [-0.1, -0.05) is 25.8 Å². The van der Waals surface area contributed by atoms with Crippen molar-refractivity contribution in [1.29, 1.82) is 0 Å². The van der Waals surface area contributed by atoms with Crippen LogP contribution in [0.3, 0.4) is 0 Å². The van der Waals surface area contributed by atoms with Crippen molar-refractivity contribution in [2.24, 2.45) is 5.92 Å². The van der Waals surface area contributed by atoms with E-state index in [-0.39, 0.29) is 0 Å². The smallest absolute Gasteiger partial charge is 0.128 e. The van der Waals surface area contributed by atoms with Crippen molar-refractivity contribution in [1.82, 2.24) is 4.98 Å². The van der Waals surface area contributed by atoms with Gasteiger partial charge in [0.05, 0.1) is 11.6 Å². The SMILES string of the molecule is CC1CCCC(N(C)c2cccc(CCl)n2)C1. The number of hydrogen-bond acceptors (Lipinski definition) is 2. The predicted molar refractivity (Wildman–Crippen MR) is 73.6 cm³/mol. The van der Waals surface area contributed by atoms with Gasteiger partial charge in [0.25, 0.3) is 0 Å². The molecule has 0 N–H and O–H groups in total. The minimum Gasteiger partial charge on any atom is -0.357 e. The highest BCUT2D eigenvalue weighted by atomic mass is 35.5. The molecule has 1 fully saturated rings. The van der Waals surface area contributed by atoms with Crippen molar-refractivity contribution >= 4 is 17.4 Å². The third-order valence-electron chi connectivity index (χ3n) is 3.75. The molecule has 0 bridgehead atoms. The second-order valence-electron chi connectivity index (χ2n) is 5.16. The number of halogens is 1. The summed E-state index contributed by atoms with van der Waals surface area (Å²) in [5.74, 6) is 2.39. The van der Waals surface area contributed by atoms with Gasteiger partial charge in [-0.3, -0.25) is 0 Å². The van der Waals surface area contributed by atoms with Crippen LogP contribution in [0.1, 0.15) is 38.3 Å². The van der Waals surface area contributed by atoms with E-state index in [4.69, 9.17) is 11.6 Å². The number of hydrogen-bond donors (Lipinski definition) is 0. The van der Waals surface area contributed by atoms with E-state index < -0.39 is 0 Å². The molecule has 2 rings (SSSR count). The molecule has 0 aromatic carbocycles. The van der Waals surface area contributed by atoms with Crippen LogP contribution in [0.5, 0.6) is 0 Å². The number of alkyl halides is 1. The Hall–Kier alpha value is -0.760. The maximum atomic E-state index is 5.83. The van der Waals surface area contributed by atoms with Gasteiger partial charge in [-0.15, -0.1) is 11.6 Å². The van der Waals surface area contributed by atoms with E-state index in [0.717, 1.165) is 17.4 Å². The van der Waals surface area contributed by atoms with Gasteiger partial charge < -0.3 is 4.90 Å². The van der Waals surface area contributed by atoms with Crippen molar-refractivity contribution < 1.29 is 0 Å². The molecular formula is C14H21ClN2. The minimum absolute atomic E-state index is 0.489. The third-order valence-corrected chi connectivity index (χ3v) is 4.02. The first-order valence-corrected chi connectivity index (χ1v) is 6.99. The molecule has 1 aromatic heterocycles. The van der Waals surface area contributed by atoms with Crippen molar-refractivity contribution in [3.8, 4) is 0 Å². The zero-order valence-corrected chi connectivity index (χ0v) is 11.5. The molecule has 1 heterocycles. The number of rotatable bonds is 3. The normalized spacial score (nSPS) is 24.6. The molecule has 94 valence electrons. The lowest BCUT2D eigenvalue weighted by atomic mass is 9.86. The van der Waals surface area contributed by atoms with Crippen molar-refractivity contribution in [2.75, 3.05) is 11.9 Å². The maximum absolute atomic E-state index is 5.83. The molecule has 0 saturated heterocycles. The summed E-state index contributed by atoms with van der Waals surface area (Å²) < 4.78 is 0. The molecule has 0 aliphatic heterocycles. The van der Waals surface area contributed by atoms with E-state index in [0.29, 0.717) is 11.9 Å². The zero-order valence-electron chi connectivity index (χ0n) is 10.7. The van der Waals surface area contributed by atoms with Crippen molar-refractivity contribution in [3.05, 3.63) is 23.9 Å². The molecule has 1 aliphatic rings. The fraction of sp³-hybridized carbons (Fsp3) is 0.643. The van der Waals surface area contributed by atoms with E-state index in [9.17, 15) is 0 Å². The highest BCUT2D eigenvalue weighted by molar-refractivity contribution is 6.16. The Labute approximate surface area is 109 Å². The molecule has 1 aliphatic carbocycles. The van der Waals surface area contributed by atoms with Crippen LogP contribution in [0.15, 0.2) is 18.2 Å². The molecule has 0 radical (unpaired) electrons. The van der Waals surface area contributed by atoms with Gasteiger partial charge in [-0.05, 0) is 30.9 Å². The number of pyridine rings is 1. The summed E-state index contributed by atoms with van der Waals surface area (Å²) in [5.41, 5.74) is 0.958. The zero-order chi connectivity index (χ0) is 12.3. The number of anilines is 1. The van der Waals surface area contributed by atoms with E-state index in [2.05, 4.69) is 29.9 Å². The summed E-state index contributed by atoms with van der Waals surface area (Å²) >= 11 is 5.83. The fourth-order valence-electron chi connectivity index (χ4n) is 2.68. The summed E-state index contributed by atoms with van der Waals surface area (Å²) in [6.07, 6.45) is 5.28. The second-order valence-corrected chi connectivity index (χ2v) is 5.42. The topological polar surface area (TPSA) is 16.1 Å². The lowest BCUT2D eigenvalue weighted by Gasteiger charge is -2.35. The Morgan fingerprint density at radius 3 is 2.94 bits per heavy atom. The van der Waals surface area contributed by atoms with E-state index >= 15 is 0 Å². The summed E-state index contributed by atoms with van der Waals surface area (Å²) in [5, 5.41) is 0. The monoisotopic (exact) mass is 252 g/mol. The van der Waals surface area contributed by atoms with Crippen LogP contribution in [0, 0.1) is 5.92 Å². The number of aromatic nitrogens is 1. The van der Waals surface area contributed by atoms with Gasteiger partial charge in [0.15, 0.2) is 0 Å². The average molecular weight is 253 g/mol. The van der Waals surface area contributed by atoms with Crippen LogP contribution in [-0.4, -0.2) is 18.1 Å². The summed E-state index contributed by atoms with van der Waals surface area (Å²) in [6, 6.07) is 6.74. The quantitative estimate of drug-likeness (QED) is 0.760. The van der Waals surface area contributed by atoms with Crippen LogP contribution in [0.25, 0.3) is 0 Å². The second kappa shape index (κ2) is 5.72. The van der Waals surface area contributed by atoms with E-state index in [1.807, 2.05) is 12.1 Å². The Balaban J connectivity index is 2.09. The first kappa shape index (κ1) is 12.7. The van der Waals surface area contributed by atoms with Gasteiger partial charge in [0.1, 0.15) is 5.82 Å². The number of nitrogens with zero attached hydrogens (tertiary/aromatic N) is 2. The Kier molecular flexibility index (Phi) is 4.27. The van der Waals surface area contributed by atoms with Crippen LogP contribution in [0.2, 0.25) is 0 Å². The highest BCUT2D eigenvalue weighted by Gasteiger charge is 2.23. The van der Waals surface area contributed by atoms with Crippen molar-refractivity contribution in [2.45, 2.75) is 44.5 Å². The first-order valence-electron chi connectivity index (χ1n) is 6.45. The van der Waals surface area contributed by atoms with Crippen LogP contribution >= 0.6 is 11.6 Å². The Bertz CT molecular complexity index is 367. The maximum Gasteiger partial charge on any atom is 0.128 e. The molecule has 2 atom stereocenters. The van der Waals surface area contributed by atoms with Gasteiger partial charge in [0.2, 0.25) is 0 Å². The van der Waals surface area contributed by atoms with Crippen molar-refractivity contribution in [3.63, 3.8) is 0 Å². The summed E-state index contributed by atoms with van der Waals surface area (Å²) in [6.45, 7) is 2.35. The van der Waals surface area contributed by atoms with Gasteiger partial charge in [0, 0.05) is 13.1 Å². The lowest BCUT2D eigenvalue weighted by Crippen LogP contribution is -2.36. The summed E-state index contributed by atoms with van der Waals surface area (Å²) in [4.78, 5) is 6.91. The molecule has 2 nitrogen and oxygen atoms in total. The van der Waals surface area contributed by atoms with Gasteiger partial charge in [-0.2, -0.15) is 0 Å². The minimum atomic E-state index is 0.489. The van der Waals surface area contributed by atoms with Crippen LogP contribution < -0.4 is 4.90 Å². The average Bonchev–Trinajstić information content (AvgIpc) is 2.38. The lowest BCUT2D eigenvalue weighted by molar-refractivity contribution is 0.335. The van der Waals surface area contributed by atoms with E-state index in [1.54, 1.807) is 0 Å². The molecule has 0 amide bonds. The van der Waals surface area contributed by atoms with Crippen LogP contribution in [0.4, 0.5) is 5.82 Å². The Morgan fingerprint density at radius 2 is 2.24 bits per heavy atom. The standard InChI is InChI=1S/C14H21ClN2/c1-11-5-3-7-13(9-11)17(2)14-8-4-6-12(10-15)16-14/h4,6,8,11,13H,3,5,7,9-10H2,1-2H3. The van der Waals surface area contributed by atoms with Gasteiger partial charge >= 0.3 is 0 Å². The fourth-order valence-corrected chi connectivity index (χ4v) is 2.83. The molecule has 1 aromatic rings. The molecule has 3 heteroatoms. The molecule has 1 saturated carbocycles. The molecule has 17 heavy (non-hydrogen) atoms. The largest absolute Gasteiger partial charge is 0.357 e.